The number of epoxide rings is 1. The van der Waals surface area contributed by atoms with E-state index in [1.54, 1.807) is 0 Å². The first-order valence-electron chi connectivity index (χ1n) is 46.4. The summed E-state index contributed by atoms with van der Waals surface area (Å²) in [6, 6.07) is -7.01. The average molecular weight is 2120 g/mol. The van der Waals surface area contributed by atoms with E-state index >= 15 is 0 Å². The molecule has 12 saturated heterocycles. The highest BCUT2D eigenvalue weighted by Crippen LogP contribution is 2.45. The summed E-state index contributed by atoms with van der Waals surface area (Å²) in [4.78, 5) is 73.7. The van der Waals surface area contributed by atoms with Gasteiger partial charge in [-0.25, -0.2) is 0 Å². The molecule has 4 amide bonds. The van der Waals surface area contributed by atoms with Gasteiger partial charge in [0.2, 0.25) is 23.6 Å². The number of amides is 4. The summed E-state index contributed by atoms with van der Waals surface area (Å²) in [7, 11) is 0. The highest BCUT2D eigenvalue weighted by atomic mass is 16.9. The molecule has 34 N–H and O–H groups in total. The monoisotopic (exact) mass is 2120 g/mol. The van der Waals surface area contributed by atoms with Crippen LogP contribution in [-0.2, 0) is 138 Å². The lowest BCUT2D eigenvalue weighted by atomic mass is 9.87. The van der Waals surface area contributed by atoms with Crippen LogP contribution in [0.2, 0.25) is 0 Å². The topological polar surface area (TPSA) is 973 Å². The number of hydrogen-bond donors (Lipinski definition) is 34. The molecule has 0 aromatic heterocycles. The van der Waals surface area contributed by atoms with Crippen LogP contribution in [0.1, 0.15) is 61.3 Å². The zero-order valence-corrected chi connectivity index (χ0v) is 78.6. The van der Waals surface area contributed by atoms with Crippen LogP contribution in [0.4, 0.5) is 0 Å². The Morgan fingerprint density at radius 3 is 1.12 bits per heavy atom. The minimum Gasteiger partial charge on any atom is -0.410 e. The zero-order valence-electron chi connectivity index (χ0n) is 78.6. The van der Waals surface area contributed by atoms with E-state index in [1.165, 1.54) is 20.8 Å². The van der Waals surface area contributed by atoms with Crippen molar-refractivity contribution in [1.82, 2.24) is 21.3 Å². The number of ether oxygens (including phenoxy) is 23. The highest BCUT2D eigenvalue weighted by molar-refractivity contribution is 5.74. The van der Waals surface area contributed by atoms with Crippen LogP contribution in [0.5, 0.6) is 0 Å². The second-order valence-electron chi connectivity index (χ2n) is 37.1. The molecule has 838 valence electrons. The smallest absolute Gasteiger partial charge is 0.332 e. The number of carbonyl (C=O) groups excluding carboxylic acids is 6. The van der Waals surface area contributed by atoms with E-state index in [2.05, 4.69) is 26.0 Å². The first kappa shape index (κ1) is 120. The molecule has 57 atom stereocenters. The van der Waals surface area contributed by atoms with Crippen LogP contribution < -0.4 is 21.3 Å². The molecule has 0 aromatic rings. The van der Waals surface area contributed by atoms with Crippen LogP contribution in [0.3, 0.4) is 0 Å². The summed E-state index contributed by atoms with van der Waals surface area (Å²) < 4.78 is 134. The van der Waals surface area contributed by atoms with Crippen LogP contribution in [0.25, 0.3) is 0 Å². The number of aliphatic hydroxyl groups excluding tert-OH is 29. The lowest BCUT2D eigenvalue weighted by molar-refractivity contribution is -0.424. The standard InChI is InChI=1S/C72H118N4O51.C10H18O8/c1-18-24(89)7-72(109-17-84,127-54(18)38(91)25(90)8-77)108-16-33-41(94)47(100)51(104)66(117-33)119-56-29(12-81)114-64(36(45(56)98)75-22(5)87)123-60-48(101)39(92)26(9-78)111-69(60)107-15-32-42(95)59(53(106)68(116-32)121-58-31(14-83)113-63(35(44(58)97)74-21(4)86)118-55-28(11-80)110-19(2)34(43(55)96)73-20(3)85)122-70-61(49(102)40(93)27(10-79)112-70)124-65-37(76-23(6)88)46(99)57(30(13-82)115-65)120-67-52(105)50(103)62-71(125-62)126-67;1-5-6(13)2-10(16,17-4-12)18-9(5)8(15)7(14)3-11/h17-19,24-71,77-83,89-106H,7-16H2,1-6H3,(H,73,85)(H,74,86)(H,75,87)(H,76,88);4-9,11,13-16H,2-3H2,1H3/t18-,19+,24-,25-,26?,27?,28?,29+,30?,31?,32?,33?,34?,35?,36?,37?,38+,39-,40-,41+,42-,43-,44-,45?,46-,47+,48+,49?,50-,51?,52?,53?,54?,55-,56-,57-,58-,59+,60?,61?,62-,63+,64+,65+,66+,67-,68+,69+,70-,71?,72+;5-,6-,7-,8+,9?,10+/m11/s1. The molecule has 63 heteroatoms. The first-order chi connectivity index (χ1) is 68.5. The lowest BCUT2D eigenvalue weighted by Crippen LogP contribution is -2.71. The Bertz CT molecular complexity index is 4050. The van der Waals surface area contributed by atoms with Crippen molar-refractivity contribution < 1.29 is 291 Å². The van der Waals surface area contributed by atoms with Gasteiger partial charge in [-0.2, -0.15) is 0 Å². The van der Waals surface area contributed by atoms with E-state index in [1.807, 2.05) is 0 Å². The van der Waals surface area contributed by atoms with Crippen molar-refractivity contribution in [3.63, 3.8) is 0 Å². The molecule has 12 aliphatic rings. The van der Waals surface area contributed by atoms with Gasteiger partial charge in [0.15, 0.2) is 56.6 Å². The van der Waals surface area contributed by atoms with Gasteiger partial charge in [-0.05, 0) is 6.92 Å². The summed E-state index contributed by atoms with van der Waals surface area (Å²) in [5.74, 6) is -10.1. The quantitative estimate of drug-likeness (QED) is 0.0154. The molecule has 0 saturated carbocycles. The summed E-state index contributed by atoms with van der Waals surface area (Å²) in [5, 5.41) is 339. The Balaban J connectivity index is 0.00000100. The Morgan fingerprint density at radius 1 is 0.338 bits per heavy atom. The van der Waals surface area contributed by atoms with Gasteiger partial charge in [0.25, 0.3) is 12.9 Å². The first-order valence-corrected chi connectivity index (χ1v) is 46.4. The van der Waals surface area contributed by atoms with Crippen molar-refractivity contribution in [1.29, 1.82) is 0 Å². The van der Waals surface area contributed by atoms with Gasteiger partial charge in [0.05, 0.1) is 115 Å². The van der Waals surface area contributed by atoms with Crippen molar-refractivity contribution in [2.24, 2.45) is 11.8 Å². The van der Waals surface area contributed by atoms with Crippen molar-refractivity contribution in [2.45, 2.75) is 398 Å². The van der Waals surface area contributed by atoms with Gasteiger partial charge < -0.3 is 283 Å². The van der Waals surface area contributed by atoms with Crippen molar-refractivity contribution in [2.75, 3.05) is 66.1 Å². The largest absolute Gasteiger partial charge is 0.410 e. The minimum atomic E-state index is -2.66. The van der Waals surface area contributed by atoms with Gasteiger partial charge in [-0.1, -0.05) is 13.8 Å². The lowest BCUT2D eigenvalue weighted by Gasteiger charge is -2.51. The predicted molar refractivity (Wildman–Crippen MR) is 447 cm³/mol. The molecular formula is C82H136N4O59. The van der Waals surface area contributed by atoms with E-state index in [-0.39, 0.29) is 19.4 Å². The molecule has 0 radical (unpaired) electrons. The molecule has 63 nitrogen and oxygen atoms in total. The fourth-order valence-corrected chi connectivity index (χ4v) is 18.8. The van der Waals surface area contributed by atoms with Crippen LogP contribution in [-0.4, -0.2) is 593 Å². The third-order valence-electron chi connectivity index (χ3n) is 26.9. The Hall–Kier alpha value is -5.22. The van der Waals surface area contributed by atoms with Gasteiger partial charge >= 0.3 is 11.9 Å². The second kappa shape index (κ2) is 52.1. The fourth-order valence-electron chi connectivity index (χ4n) is 18.8. The van der Waals surface area contributed by atoms with Crippen LogP contribution in [0.15, 0.2) is 0 Å². The molecule has 145 heavy (non-hydrogen) atoms. The minimum absolute atomic E-state index is 0.0470. The van der Waals surface area contributed by atoms with E-state index in [9.17, 15) is 177 Å². The van der Waals surface area contributed by atoms with Crippen molar-refractivity contribution in [3.8, 4) is 0 Å². The maximum absolute atomic E-state index is 13.2. The summed E-state index contributed by atoms with van der Waals surface area (Å²) in [6.07, 6.45) is -96.1. The number of carbonyl (C=O) groups is 6. The number of fused-ring (bicyclic) bond motifs is 1. The maximum atomic E-state index is 13.2. The second-order valence-corrected chi connectivity index (χ2v) is 37.1. The molecule has 12 aliphatic heterocycles. The van der Waals surface area contributed by atoms with Gasteiger partial charge in [0, 0.05) is 39.5 Å². The van der Waals surface area contributed by atoms with Crippen LogP contribution in [0, 0.1) is 11.8 Å². The highest BCUT2D eigenvalue weighted by Gasteiger charge is 2.64. The van der Waals surface area contributed by atoms with Crippen molar-refractivity contribution in [3.05, 3.63) is 0 Å². The Labute approximate surface area is 822 Å². The van der Waals surface area contributed by atoms with E-state index in [0.717, 1.165) is 27.7 Å². The zero-order chi connectivity index (χ0) is 107. The van der Waals surface area contributed by atoms with E-state index < -0.39 is 445 Å². The maximum Gasteiger partial charge on any atom is 0.332 e. The van der Waals surface area contributed by atoms with Gasteiger partial charge in [-0.15, -0.1) is 0 Å². The molecule has 21 unspecified atom stereocenters. The SMILES string of the molecule is CC(=O)NC1C(O)[C@H](O[C@@H]2OC(CO[C@]3(OC=O)C[C@@H](O)[C@@H](C)C([C@@H](O)[C@H](O)CO)O3)[C@H](O)[C@H](O)C2O)[C@H](CO)O[C@H]1OC1[C@@H](OCC2O[C@@H](O[C@@H]3C(CO)O[C@@H](O[C@@H]4C(CO)O[C@@H](C)C(NC(C)=O)[C@H]4O)C(NC(C)=O)[C@H]3O)C(O)[C@@H](O[C@H]3OC(CO)[C@@H](O)C(O)C3O[C@@H]3OC(CO)[C@@H](O[C@@H]4OC5O[C@@H]5[C@H](O)C4O)[C@H](O)C3NC(C)=O)[C@@H]2O)OC(CO)[C@@H](O)[C@@H]1O.C[C@H]1C([C@@H](O)[C@H](O)CO)O[C@@](O)(OC=O)C[C@H]1O. The Morgan fingerprint density at radius 2 is 0.683 bits per heavy atom. The third-order valence-corrected chi connectivity index (χ3v) is 26.9. The fraction of sp³-hybridized carbons (Fsp3) is 0.927. The van der Waals surface area contributed by atoms with Crippen LogP contribution >= 0.6 is 0 Å². The molecule has 12 heterocycles. The third kappa shape index (κ3) is 27.4. The molecule has 0 bridgehead atoms. The molecule has 0 aromatic carbocycles. The van der Waals surface area contributed by atoms with Gasteiger partial charge in [0.1, 0.15) is 232 Å². The molecule has 12 rings (SSSR count). The predicted octanol–water partition coefficient (Wildman–Crippen LogP) is -22.3. The molecule has 0 spiro atoms. The van der Waals surface area contributed by atoms with E-state index in [4.69, 9.17) is 109 Å². The van der Waals surface area contributed by atoms with E-state index in [0.29, 0.717) is 0 Å². The average Bonchev–Trinajstić information content (AvgIpc) is 1.74. The Kier molecular flexibility index (Phi) is 43.2. The number of hydrogen-bond acceptors (Lipinski definition) is 59. The van der Waals surface area contributed by atoms with Crippen molar-refractivity contribution >= 4 is 36.6 Å². The summed E-state index contributed by atoms with van der Waals surface area (Å²) in [6.45, 7) is -2.52. The summed E-state index contributed by atoms with van der Waals surface area (Å²) in [5.41, 5.74) is 0. The number of aliphatic hydroxyl groups is 30. The molecular weight excluding hydrogens is 1980 g/mol. The summed E-state index contributed by atoms with van der Waals surface area (Å²) >= 11 is 0. The van der Waals surface area contributed by atoms with Gasteiger partial charge in [-0.3, -0.25) is 28.8 Å². The normalized spacial score (nSPS) is 47.8. The molecule has 0 aliphatic carbocycles. The number of rotatable bonds is 40. The number of nitrogens with one attached hydrogen (secondary N) is 4. The molecule has 12 fully saturated rings.